The van der Waals surface area contributed by atoms with Crippen LogP contribution in [0.5, 0.6) is 0 Å². The molecule has 0 radical (unpaired) electrons. The quantitative estimate of drug-likeness (QED) is 0.530. The van der Waals surface area contributed by atoms with Crippen LogP contribution in [0.3, 0.4) is 0 Å². The molecule has 0 aromatic heterocycles. The van der Waals surface area contributed by atoms with Crippen LogP contribution in [-0.2, 0) is 9.59 Å². The Hall–Kier alpha value is -1.38. The van der Waals surface area contributed by atoms with Crippen LogP contribution in [0.25, 0.3) is 0 Å². The van der Waals surface area contributed by atoms with Gasteiger partial charge in [-0.15, -0.1) is 0 Å². The minimum absolute atomic E-state index is 0.111. The van der Waals surface area contributed by atoms with E-state index in [9.17, 15) is 9.59 Å². The Morgan fingerprint density at radius 2 is 1.56 bits per heavy atom. The van der Waals surface area contributed by atoms with Gasteiger partial charge in [-0.25, -0.2) is 0 Å². The molecule has 0 aromatic carbocycles. The third-order valence-electron chi connectivity index (χ3n) is 2.61. The highest BCUT2D eigenvalue weighted by atomic mass is 16.2. The number of hydrogen-bond donors (Lipinski definition) is 0. The van der Waals surface area contributed by atoms with Crippen molar-refractivity contribution in [3.8, 4) is 0 Å². The fraction of sp³-hybridized carbons (Fsp3) is 0.538. The number of rotatable bonds is 2. The maximum atomic E-state index is 12.1. The fourth-order valence-electron chi connectivity index (χ4n) is 2.17. The first-order chi connectivity index (χ1) is 7.28. The highest BCUT2D eigenvalue weighted by Crippen LogP contribution is 2.37. The van der Waals surface area contributed by atoms with E-state index >= 15 is 0 Å². The van der Waals surface area contributed by atoms with E-state index < -0.39 is 5.41 Å². The molecule has 1 aliphatic heterocycles. The lowest BCUT2D eigenvalue weighted by molar-refractivity contribution is -0.138. The number of carbonyl (C=O) groups is 2. The first kappa shape index (κ1) is 12.7. The van der Waals surface area contributed by atoms with E-state index in [0.717, 1.165) is 11.1 Å². The van der Waals surface area contributed by atoms with Gasteiger partial charge < -0.3 is 0 Å². The summed E-state index contributed by atoms with van der Waals surface area (Å²) in [5, 5.41) is 0. The van der Waals surface area contributed by atoms with Crippen molar-refractivity contribution in [2.45, 2.75) is 34.1 Å². The number of carbonyl (C=O) groups excluding carboxylic acids is 2. The Labute approximate surface area is 96.8 Å². The topological polar surface area (TPSA) is 37.4 Å². The predicted molar refractivity (Wildman–Crippen MR) is 63.7 cm³/mol. The molecule has 0 aliphatic carbocycles. The zero-order valence-electron chi connectivity index (χ0n) is 10.6. The minimum atomic E-state index is -0.747. The summed E-state index contributed by atoms with van der Waals surface area (Å²) in [5.41, 5.74) is 1.35. The molecule has 0 saturated carbocycles. The maximum Gasteiger partial charge on any atom is 0.243 e. The third kappa shape index (κ3) is 2.23. The van der Waals surface area contributed by atoms with Gasteiger partial charge in [0.25, 0.3) is 0 Å². The molecular formula is C13H19NO2. The molecule has 1 saturated heterocycles. The molecule has 0 spiro atoms. The van der Waals surface area contributed by atoms with Crippen molar-refractivity contribution in [3.63, 3.8) is 0 Å². The van der Waals surface area contributed by atoms with Gasteiger partial charge in [-0.3, -0.25) is 14.5 Å². The van der Waals surface area contributed by atoms with Crippen LogP contribution in [0.1, 0.15) is 34.1 Å². The molecule has 1 heterocycles. The molecule has 1 aliphatic rings. The first-order valence-corrected chi connectivity index (χ1v) is 5.41. The number of nitrogens with zero attached hydrogens (tertiary/aromatic N) is 1. The van der Waals surface area contributed by atoms with Gasteiger partial charge in [0, 0.05) is 13.5 Å². The van der Waals surface area contributed by atoms with Crippen LogP contribution in [-0.4, -0.2) is 23.8 Å². The number of allylic oxidation sites excluding steroid dienone is 2. The second kappa shape index (κ2) is 4.24. The van der Waals surface area contributed by atoms with Crippen molar-refractivity contribution in [1.82, 2.24) is 4.90 Å². The zero-order valence-corrected chi connectivity index (χ0v) is 10.6. The summed E-state index contributed by atoms with van der Waals surface area (Å²) in [6.45, 7) is 7.76. The van der Waals surface area contributed by atoms with Gasteiger partial charge in [-0.05, 0) is 27.7 Å². The molecule has 3 heteroatoms. The lowest BCUT2D eigenvalue weighted by Crippen LogP contribution is -2.31. The summed E-state index contributed by atoms with van der Waals surface area (Å²) < 4.78 is 0. The number of hydrogen-bond acceptors (Lipinski definition) is 2. The van der Waals surface area contributed by atoms with Gasteiger partial charge in [0.15, 0.2) is 0 Å². The summed E-state index contributed by atoms with van der Waals surface area (Å²) in [7, 11) is 1.55. The van der Waals surface area contributed by atoms with E-state index in [1.807, 2.05) is 39.8 Å². The van der Waals surface area contributed by atoms with E-state index in [-0.39, 0.29) is 18.2 Å². The molecule has 16 heavy (non-hydrogen) atoms. The summed E-state index contributed by atoms with van der Waals surface area (Å²) in [6, 6.07) is 0. The summed E-state index contributed by atoms with van der Waals surface area (Å²) in [5.74, 6) is -0.236. The number of imide groups is 1. The smallest absolute Gasteiger partial charge is 0.243 e. The Bertz CT molecular complexity index is 365. The molecular weight excluding hydrogens is 202 g/mol. The summed E-state index contributed by atoms with van der Waals surface area (Å²) in [4.78, 5) is 25.0. The van der Waals surface area contributed by atoms with E-state index in [1.54, 1.807) is 7.05 Å². The third-order valence-corrected chi connectivity index (χ3v) is 2.61. The van der Waals surface area contributed by atoms with Crippen LogP contribution in [0.2, 0.25) is 0 Å². The zero-order chi connectivity index (χ0) is 12.5. The van der Waals surface area contributed by atoms with Gasteiger partial charge in [0.2, 0.25) is 11.8 Å². The Morgan fingerprint density at radius 3 is 1.81 bits per heavy atom. The number of amides is 2. The van der Waals surface area contributed by atoms with Gasteiger partial charge in [-0.1, -0.05) is 23.3 Å². The summed E-state index contributed by atoms with van der Waals surface area (Å²) >= 11 is 0. The molecule has 0 unspecified atom stereocenters. The average Bonchev–Trinajstić information content (AvgIpc) is 2.29. The van der Waals surface area contributed by atoms with Gasteiger partial charge in [0.05, 0.1) is 5.41 Å². The van der Waals surface area contributed by atoms with Crippen LogP contribution in [0.15, 0.2) is 23.3 Å². The Balaban J connectivity index is 3.28. The van der Waals surface area contributed by atoms with Crippen molar-refractivity contribution in [1.29, 1.82) is 0 Å². The molecule has 3 nitrogen and oxygen atoms in total. The van der Waals surface area contributed by atoms with E-state index in [0.29, 0.717) is 0 Å². The lowest BCUT2D eigenvalue weighted by Gasteiger charge is -2.19. The molecule has 0 aromatic rings. The van der Waals surface area contributed by atoms with Crippen LogP contribution < -0.4 is 0 Å². The van der Waals surface area contributed by atoms with E-state index in [2.05, 4.69) is 0 Å². The second-order valence-corrected chi connectivity index (χ2v) is 4.92. The first-order valence-electron chi connectivity index (χ1n) is 5.41. The van der Waals surface area contributed by atoms with Crippen LogP contribution in [0, 0.1) is 5.41 Å². The summed E-state index contributed by atoms with van der Waals surface area (Å²) in [6.07, 6.45) is 4.03. The molecule has 88 valence electrons. The molecule has 0 bridgehead atoms. The van der Waals surface area contributed by atoms with Gasteiger partial charge >= 0.3 is 0 Å². The molecule has 1 rings (SSSR count). The molecule has 0 atom stereocenters. The van der Waals surface area contributed by atoms with E-state index in [1.165, 1.54) is 4.90 Å². The van der Waals surface area contributed by atoms with Crippen LogP contribution in [0.4, 0.5) is 0 Å². The number of likely N-dealkylation sites (tertiary alicyclic amines) is 1. The Morgan fingerprint density at radius 1 is 1.12 bits per heavy atom. The highest BCUT2D eigenvalue weighted by molar-refractivity contribution is 6.07. The van der Waals surface area contributed by atoms with Crippen molar-refractivity contribution < 1.29 is 9.59 Å². The van der Waals surface area contributed by atoms with Crippen molar-refractivity contribution >= 4 is 11.8 Å². The maximum absolute atomic E-state index is 12.1. The van der Waals surface area contributed by atoms with Gasteiger partial charge in [0.1, 0.15) is 0 Å². The molecule has 1 fully saturated rings. The fourth-order valence-corrected chi connectivity index (χ4v) is 2.17. The Kier molecular flexibility index (Phi) is 3.36. The average molecular weight is 221 g/mol. The van der Waals surface area contributed by atoms with E-state index in [4.69, 9.17) is 0 Å². The molecule has 0 N–H and O–H groups in total. The van der Waals surface area contributed by atoms with Crippen molar-refractivity contribution in [2.24, 2.45) is 5.41 Å². The van der Waals surface area contributed by atoms with Crippen LogP contribution >= 0.6 is 0 Å². The monoisotopic (exact) mass is 221 g/mol. The largest absolute Gasteiger partial charge is 0.285 e. The molecule has 2 amide bonds. The van der Waals surface area contributed by atoms with Gasteiger partial charge in [-0.2, -0.15) is 0 Å². The van der Waals surface area contributed by atoms with Crippen molar-refractivity contribution in [3.05, 3.63) is 23.3 Å². The highest BCUT2D eigenvalue weighted by Gasteiger charge is 2.46. The lowest BCUT2D eigenvalue weighted by atomic mass is 9.83. The predicted octanol–water partition coefficient (Wildman–Crippen LogP) is 2.29. The minimum Gasteiger partial charge on any atom is -0.285 e. The SMILES string of the molecule is CC(C)=CC1(C=C(C)C)CC(=O)N(C)C1=O. The standard InChI is InChI=1S/C13H19NO2/c1-9(2)6-13(7-10(3)4)8-11(15)14(5)12(13)16/h6-7H,8H2,1-5H3. The van der Waals surface area contributed by atoms with Crippen molar-refractivity contribution in [2.75, 3.05) is 7.05 Å². The second-order valence-electron chi connectivity index (χ2n) is 4.92. The normalized spacial score (nSPS) is 18.7.